The lowest BCUT2D eigenvalue weighted by Crippen LogP contribution is -2.41. The van der Waals surface area contributed by atoms with Crippen LogP contribution >= 0.6 is 0 Å². The first kappa shape index (κ1) is 18.0. The number of rotatable bonds is 6. The van der Waals surface area contributed by atoms with E-state index in [1.807, 2.05) is 0 Å². The van der Waals surface area contributed by atoms with E-state index < -0.39 is 17.9 Å². The van der Waals surface area contributed by atoms with Crippen molar-refractivity contribution in [2.24, 2.45) is 5.41 Å². The van der Waals surface area contributed by atoms with Crippen LogP contribution in [0.15, 0.2) is 18.2 Å². The number of ether oxygens (including phenoxy) is 2. The highest BCUT2D eigenvalue weighted by Gasteiger charge is 2.33. The van der Waals surface area contributed by atoms with Crippen molar-refractivity contribution in [3.05, 3.63) is 29.6 Å². The number of aliphatic hydroxyl groups excluding tert-OH is 1. The van der Waals surface area contributed by atoms with Crippen molar-refractivity contribution in [3.8, 4) is 5.75 Å². The second-order valence-corrected chi connectivity index (χ2v) is 5.67. The number of benzene rings is 1. The Balaban J connectivity index is 1.99. The zero-order valence-corrected chi connectivity index (χ0v) is 12.5. The first-order chi connectivity index (χ1) is 10.8. The molecule has 0 unspecified atom stereocenters. The van der Waals surface area contributed by atoms with Crippen molar-refractivity contribution in [2.45, 2.75) is 25.7 Å². The molecule has 4 nitrogen and oxygen atoms in total. The molecule has 1 aromatic rings. The highest BCUT2D eigenvalue weighted by Crippen LogP contribution is 2.30. The Morgan fingerprint density at radius 1 is 1.26 bits per heavy atom. The molecule has 0 radical (unpaired) electrons. The fourth-order valence-electron chi connectivity index (χ4n) is 2.55. The van der Waals surface area contributed by atoms with Crippen LogP contribution < -0.4 is 10.1 Å². The van der Waals surface area contributed by atoms with Gasteiger partial charge in [-0.3, -0.25) is 0 Å². The molecule has 1 saturated heterocycles. The number of hydrogen-bond donors (Lipinski definition) is 2. The summed E-state index contributed by atoms with van der Waals surface area (Å²) in [5.74, 6) is -1.36. The number of nitrogens with one attached hydrogen (secondary N) is 1. The van der Waals surface area contributed by atoms with Crippen molar-refractivity contribution in [3.63, 3.8) is 0 Å². The summed E-state index contributed by atoms with van der Waals surface area (Å²) in [6.07, 6.45) is -3.53. The summed E-state index contributed by atoms with van der Waals surface area (Å²) >= 11 is 0. The van der Waals surface area contributed by atoms with Crippen LogP contribution in [0, 0.1) is 11.2 Å². The molecule has 23 heavy (non-hydrogen) atoms. The topological polar surface area (TPSA) is 50.7 Å². The van der Waals surface area contributed by atoms with Gasteiger partial charge in [0.1, 0.15) is 11.6 Å². The quantitative estimate of drug-likeness (QED) is 0.784. The Morgan fingerprint density at radius 2 is 1.96 bits per heavy atom. The lowest BCUT2D eigenvalue weighted by atomic mass is 9.81. The van der Waals surface area contributed by atoms with E-state index in [0.717, 1.165) is 6.07 Å². The molecule has 130 valence electrons. The van der Waals surface area contributed by atoms with Gasteiger partial charge in [-0.05, 0) is 18.9 Å². The average Bonchev–Trinajstić information content (AvgIpc) is 2.49. The summed E-state index contributed by atoms with van der Waals surface area (Å²) in [7, 11) is 0. The van der Waals surface area contributed by atoms with Crippen LogP contribution in [0.2, 0.25) is 0 Å². The van der Waals surface area contributed by atoms with E-state index in [4.69, 9.17) is 4.74 Å². The van der Waals surface area contributed by atoms with E-state index in [1.165, 1.54) is 6.07 Å². The molecule has 0 saturated carbocycles. The first-order valence-electron chi connectivity index (χ1n) is 7.27. The zero-order valence-electron chi connectivity index (χ0n) is 12.5. The molecular formula is C15H19F4NO3. The van der Waals surface area contributed by atoms with Crippen molar-refractivity contribution < 1.29 is 32.1 Å². The lowest BCUT2D eigenvalue weighted by Gasteiger charge is -2.35. The van der Waals surface area contributed by atoms with Crippen LogP contribution in [0.3, 0.4) is 0 Å². The standard InChI is InChI=1S/C15H19F4NO3/c16-12-2-1-11(13(7-12)23-15(17,18)19)8-20-9-14(10-21)3-5-22-6-4-14/h1-2,7,20-21H,3-6,8-10H2. The fourth-order valence-corrected chi connectivity index (χ4v) is 2.55. The number of halogens is 4. The van der Waals surface area contributed by atoms with Gasteiger partial charge in [0.25, 0.3) is 0 Å². The predicted molar refractivity (Wildman–Crippen MR) is 74.4 cm³/mol. The van der Waals surface area contributed by atoms with Gasteiger partial charge < -0.3 is 19.9 Å². The fraction of sp³-hybridized carbons (Fsp3) is 0.600. The molecule has 0 bridgehead atoms. The van der Waals surface area contributed by atoms with E-state index in [1.54, 1.807) is 0 Å². The molecule has 1 aromatic carbocycles. The van der Waals surface area contributed by atoms with Crippen molar-refractivity contribution in [1.82, 2.24) is 5.32 Å². The van der Waals surface area contributed by atoms with Crippen LogP contribution in [0.25, 0.3) is 0 Å². The maximum absolute atomic E-state index is 13.1. The maximum atomic E-state index is 13.1. The van der Waals surface area contributed by atoms with Gasteiger partial charge in [-0.25, -0.2) is 4.39 Å². The van der Waals surface area contributed by atoms with Gasteiger partial charge in [-0.15, -0.1) is 13.2 Å². The maximum Gasteiger partial charge on any atom is 0.573 e. The van der Waals surface area contributed by atoms with E-state index >= 15 is 0 Å². The molecule has 0 atom stereocenters. The molecule has 1 fully saturated rings. The van der Waals surface area contributed by atoms with E-state index in [2.05, 4.69) is 10.1 Å². The Hall–Kier alpha value is -1.38. The Kier molecular flexibility index (Phi) is 5.83. The zero-order chi connectivity index (χ0) is 16.9. The van der Waals surface area contributed by atoms with Crippen LogP contribution in [0.5, 0.6) is 5.75 Å². The third-order valence-corrected chi connectivity index (χ3v) is 3.96. The molecule has 1 aliphatic rings. The summed E-state index contributed by atoms with van der Waals surface area (Å²) < 4.78 is 59.4. The van der Waals surface area contributed by atoms with Gasteiger partial charge in [0, 0.05) is 43.3 Å². The van der Waals surface area contributed by atoms with Gasteiger partial charge in [-0.2, -0.15) is 0 Å². The minimum absolute atomic E-state index is 0.0291. The Labute approximate surface area is 131 Å². The van der Waals surface area contributed by atoms with Crippen LogP contribution in [-0.4, -0.2) is 37.8 Å². The van der Waals surface area contributed by atoms with Crippen molar-refractivity contribution in [1.29, 1.82) is 0 Å². The monoisotopic (exact) mass is 337 g/mol. The summed E-state index contributed by atoms with van der Waals surface area (Å²) in [6, 6.07) is 3.04. The van der Waals surface area contributed by atoms with Crippen LogP contribution in [-0.2, 0) is 11.3 Å². The van der Waals surface area contributed by atoms with Crippen molar-refractivity contribution >= 4 is 0 Å². The average molecular weight is 337 g/mol. The predicted octanol–water partition coefficient (Wildman–Crippen LogP) is 2.60. The molecule has 1 heterocycles. The van der Waals surface area contributed by atoms with Gasteiger partial charge in [0.05, 0.1) is 6.61 Å². The Morgan fingerprint density at radius 3 is 2.57 bits per heavy atom. The largest absolute Gasteiger partial charge is 0.573 e. The molecule has 2 rings (SSSR count). The SMILES string of the molecule is OCC1(CNCc2ccc(F)cc2OC(F)(F)F)CCOCC1. The van der Waals surface area contributed by atoms with Crippen LogP contribution in [0.1, 0.15) is 18.4 Å². The summed E-state index contributed by atoms with van der Waals surface area (Å²) in [5.41, 5.74) is -0.146. The van der Waals surface area contributed by atoms with Crippen molar-refractivity contribution in [2.75, 3.05) is 26.4 Å². The highest BCUT2D eigenvalue weighted by atomic mass is 19.4. The molecule has 8 heteroatoms. The second kappa shape index (κ2) is 7.46. The molecule has 0 spiro atoms. The summed E-state index contributed by atoms with van der Waals surface area (Å²) in [4.78, 5) is 0. The second-order valence-electron chi connectivity index (χ2n) is 5.67. The smallest absolute Gasteiger partial charge is 0.405 e. The minimum atomic E-state index is -4.88. The third kappa shape index (κ3) is 5.33. The summed E-state index contributed by atoms with van der Waals surface area (Å²) in [6.45, 7) is 1.56. The Bertz CT molecular complexity index is 516. The molecule has 0 amide bonds. The number of hydrogen-bond acceptors (Lipinski definition) is 4. The van der Waals surface area contributed by atoms with Gasteiger partial charge in [0.2, 0.25) is 0 Å². The minimum Gasteiger partial charge on any atom is -0.405 e. The molecule has 2 N–H and O–H groups in total. The number of aliphatic hydroxyl groups is 1. The van der Waals surface area contributed by atoms with E-state index in [9.17, 15) is 22.7 Å². The van der Waals surface area contributed by atoms with Gasteiger partial charge in [0.15, 0.2) is 0 Å². The normalized spacial score (nSPS) is 18.0. The highest BCUT2D eigenvalue weighted by molar-refractivity contribution is 5.34. The van der Waals surface area contributed by atoms with Gasteiger partial charge in [-0.1, -0.05) is 6.07 Å². The summed E-state index contributed by atoms with van der Waals surface area (Å²) in [5, 5.41) is 12.6. The van der Waals surface area contributed by atoms with Gasteiger partial charge >= 0.3 is 6.36 Å². The lowest BCUT2D eigenvalue weighted by molar-refractivity contribution is -0.275. The van der Waals surface area contributed by atoms with Crippen LogP contribution in [0.4, 0.5) is 17.6 Å². The molecular weight excluding hydrogens is 318 g/mol. The molecule has 1 aliphatic heterocycles. The van der Waals surface area contributed by atoms with E-state index in [-0.39, 0.29) is 24.1 Å². The molecule has 0 aliphatic carbocycles. The molecule has 0 aromatic heterocycles. The number of alkyl halides is 3. The first-order valence-corrected chi connectivity index (χ1v) is 7.27. The van der Waals surface area contributed by atoms with E-state index in [0.29, 0.717) is 38.7 Å². The third-order valence-electron chi connectivity index (χ3n) is 3.96.